The molecule has 1 heterocycles. The fourth-order valence-corrected chi connectivity index (χ4v) is 5.01. The monoisotopic (exact) mass is 401 g/mol. The molecular formula is C30H27N. The van der Waals surface area contributed by atoms with Crippen LogP contribution in [0, 0.1) is 13.8 Å². The van der Waals surface area contributed by atoms with E-state index in [0.717, 1.165) is 17.6 Å². The number of rotatable bonds is 3. The number of hydrogen-bond acceptors (Lipinski definition) is 1. The summed E-state index contributed by atoms with van der Waals surface area (Å²) >= 11 is 0. The van der Waals surface area contributed by atoms with E-state index in [9.17, 15) is 0 Å². The predicted octanol–water partition coefficient (Wildman–Crippen LogP) is 8.42. The Kier molecular flexibility index (Phi) is 4.82. The molecule has 0 N–H and O–H groups in total. The number of aromatic nitrogens is 1. The van der Waals surface area contributed by atoms with Crippen LogP contribution in [0.15, 0.2) is 72.8 Å². The second-order valence-corrected chi connectivity index (χ2v) is 8.34. The Labute approximate surface area is 184 Å². The van der Waals surface area contributed by atoms with E-state index in [1.54, 1.807) is 0 Å². The van der Waals surface area contributed by atoms with Crippen LogP contribution >= 0.6 is 0 Å². The molecule has 0 bridgehead atoms. The van der Waals surface area contributed by atoms with Gasteiger partial charge in [0.2, 0.25) is 0 Å². The van der Waals surface area contributed by atoms with Gasteiger partial charge >= 0.3 is 0 Å². The lowest BCUT2D eigenvalue weighted by Gasteiger charge is -2.17. The Hall–Kier alpha value is -3.45. The highest BCUT2D eigenvalue weighted by Crippen LogP contribution is 2.40. The summed E-state index contributed by atoms with van der Waals surface area (Å²) in [5.41, 5.74) is 8.73. The largest absolute Gasteiger partial charge is 0.252 e. The maximum Gasteiger partial charge on any atom is 0.0786 e. The van der Waals surface area contributed by atoms with Crippen molar-refractivity contribution < 1.29 is 0 Å². The predicted molar refractivity (Wildman–Crippen MR) is 136 cm³/mol. The van der Waals surface area contributed by atoms with E-state index < -0.39 is 0 Å². The standard InChI is InChI=1S/C30H27N/c1-5-11-21-17-28(24-13-8-7-12-23(24)22(21)6-2)29-18-27-19(3)16-20(4)31-30(27)26-15-10-9-14-25(26)29/h5,7-18H,6H2,1-4H3/b11-5-. The Morgan fingerprint density at radius 1 is 0.742 bits per heavy atom. The minimum atomic E-state index is 1.02. The molecule has 0 unspecified atom stereocenters. The van der Waals surface area contributed by atoms with Gasteiger partial charge in [0.25, 0.3) is 0 Å². The minimum absolute atomic E-state index is 1.02. The molecule has 1 aromatic heterocycles. The van der Waals surface area contributed by atoms with Crippen LogP contribution in [-0.4, -0.2) is 4.98 Å². The van der Waals surface area contributed by atoms with Crippen molar-refractivity contribution in [1.29, 1.82) is 0 Å². The zero-order valence-corrected chi connectivity index (χ0v) is 18.7. The molecule has 1 nitrogen and oxygen atoms in total. The number of aryl methyl sites for hydroxylation is 3. The summed E-state index contributed by atoms with van der Waals surface area (Å²) in [7, 11) is 0. The number of pyridine rings is 1. The second kappa shape index (κ2) is 7.67. The fraction of sp³-hybridized carbons (Fsp3) is 0.167. The van der Waals surface area contributed by atoms with Crippen LogP contribution in [0.4, 0.5) is 0 Å². The zero-order chi connectivity index (χ0) is 21.5. The van der Waals surface area contributed by atoms with Crippen molar-refractivity contribution in [2.24, 2.45) is 0 Å². The normalized spacial score (nSPS) is 11.9. The molecule has 0 atom stereocenters. The Balaban J connectivity index is 1.99. The number of hydrogen-bond donors (Lipinski definition) is 0. The van der Waals surface area contributed by atoms with Gasteiger partial charge in [-0.1, -0.05) is 67.6 Å². The van der Waals surface area contributed by atoms with Crippen molar-refractivity contribution in [2.75, 3.05) is 0 Å². The molecule has 0 spiro atoms. The molecule has 0 saturated heterocycles. The van der Waals surface area contributed by atoms with E-state index in [0.29, 0.717) is 0 Å². The third-order valence-electron chi connectivity index (χ3n) is 6.34. The van der Waals surface area contributed by atoms with E-state index in [4.69, 9.17) is 4.98 Å². The van der Waals surface area contributed by atoms with Crippen LogP contribution < -0.4 is 0 Å². The smallest absolute Gasteiger partial charge is 0.0786 e. The number of nitrogens with zero attached hydrogens (tertiary/aromatic N) is 1. The first-order chi connectivity index (χ1) is 15.1. The van der Waals surface area contributed by atoms with Gasteiger partial charge in [0.1, 0.15) is 0 Å². The van der Waals surface area contributed by atoms with Gasteiger partial charge in [0, 0.05) is 16.5 Å². The maximum atomic E-state index is 4.92. The fourth-order valence-electron chi connectivity index (χ4n) is 5.01. The number of benzene rings is 4. The lowest BCUT2D eigenvalue weighted by atomic mass is 9.87. The molecule has 1 heteroatoms. The average molecular weight is 402 g/mol. The van der Waals surface area contributed by atoms with E-state index >= 15 is 0 Å². The highest BCUT2D eigenvalue weighted by Gasteiger charge is 2.16. The summed E-state index contributed by atoms with van der Waals surface area (Å²) in [5.74, 6) is 0. The number of allylic oxidation sites excluding steroid dienone is 1. The van der Waals surface area contributed by atoms with Gasteiger partial charge in [0.15, 0.2) is 0 Å². The molecule has 5 aromatic rings. The zero-order valence-electron chi connectivity index (χ0n) is 18.7. The summed E-state index contributed by atoms with van der Waals surface area (Å²) in [4.78, 5) is 4.92. The van der Waals surface area contributed by atoms with Crippen LogP contribution in [0.3, 0.4) is 0 Å². The Morgan fingerprint density at radius 2 is 1.35 bits per heavy atom. The van der Waals surface area contributed by atoms with Gasteiger partial charge in [-0.2, -0.15) is 0 Å². The third-order valence-corrected chi connectivity index (χ3v) is 6.34. The molecule has 4 aromatic carbocycles. The molecule has 0 aliphatic heterocycles. The lowest BCUT2D eigenvalue weighted by molar-refractivity contribution is 1.15. The molecule has 0 aliphatic rings. The van der Waals surface area contributed by atoms with Crippen molar-refractivity contribution >= 4 is 38.5 Å². The second-order valence-electron chi connectivity index (χ2n) is 8.34. The van der Waals surface area contributed by atoms with Crippen molar-refractivity contribution in [3.63, 3.8) is 0 Å². The van der Waals surface area contributed by atoms with Crippen LogP contribution in [0.2, 0.25) is 0 Å². The first-order valence-corrected chi connectivity index (χ1v) is 11.1. The molecule has 0 amide bonds. The van der Waals surface area contributed by atoms with Crippen molar-refractivity contribution in [2.45, 2.75) is 34.1 Å². The summed E-state index contributed by atoms with van der Waals surface area (Å²) in [5, 5.41) is 6.37. The summed E-state index contributed by atoms with van der Waals surface area (Å²) in [6, 6.07) is 24.5. The summed E-state index contributed by atoms with van der Waals surface area (Å²) in [6.07, 6.45) is 5.40. The van der Waals surface area contributed by atoms with Crippen LogP contribution in [0.25, 0.3) is 49.7 Å². The van der Waals surface area contributed by atoms with E-state index in [1.807, 2.05) is 0 Å². The van der Waals surface area contributed by atoms with Gasteiger partial charge in [-0.25, -0.2) is 0 Å². The number of fused-ring (bicyclic) bond motifs is 4. The molecule has 0 radical (unpaired) electrons. The molecule has 0 fully saturated rings. The van der Waals surface area contributed by atoms with Crippen molar-refractivity contribution in [3.8, 4) is 11.1 Å². The average Bonchev–Trinajstić information content (AvgIpc) is 2.78. The topological polar surface area (TPSA) is 12.9 Å². The molecule has 0 saturated carbocycles. The van der Waals surface area contributed by atoms with Gasteiger partial charge < -0.3 is 0 Å². The lowest BCUT2D eigenvalue weighted by Crippen LogP contribution is -1.95. The third kappa shape index (κ3) is 3.13. The van der Waals surface area contributed by atoms with E-state index in [2.05, 4.69) is 107 Å². The van der Waals surface area contributed by atoms with Gasteiger partial charge in [-0.05, 0) is 89.4 Å². The Morgan fingerprint density at radius 3 is 2.03 bits per heavy atom. The molecule has 5 rings (SSSR count). The van der Waals surface area contributed by atoms with Crippen molar-refractivity contribution in [3.05, 3.63) is 95.2 Å². The molecular weight excluding hydrogens is 374 g/mol. The van der Waals surface area contributed by atoms with Crippen LogP contribution in [0.1, 0.15) is 36.2 Å². The van der Waals surface area contributed by atoms with Gasteiger partial charge in [0.05, 0.1) is 5.52 Å². The SMILES string of the molecule is C/C=C\c1cc(-c2cc3c(C)cc(C)nc3c3ccccc23)c2ccccc2c1CC. The summed E-state index contributed by atoms with van der Waals surface area (Å²) in [6.45, 7) is 8.61. The van der Waals surface area contributed by atoms with Crippen LogP contribution in [0.5, 0.6) is 0 Å². The van der Waals surface area contributed by atoms with Gasteiger partial charge in [-0.15, -0.1) is 0 Å². The highest BCUT2D eigenvalue weighted by atomic mass is 14.7. The first-order valence-electron chi connectivity index (χ1n) is 11.1. The first kappa shape index (κ1) is 19.5. The highest BCUT2D eigenvalue weighted by molar-refractivity contribution is 6.16. The van der Waals surface area contributed by atoms with E-state index in [-0.39, 0.29) is 0 Å². The van der Waals surface area contributed by atoms with Crippen LogP contribution in [-0.2, 0) is 6.42 Å². The quantitative estimate of drug-likeness (QED) is 0.276. The minimum Gasteiger partial charge on any atom is -0.252 e. The summed E-state index contributed by atoms with van der Waals surface area (Å²) < 4.78 is 0. The van der Waals surface area contributed by atoms with Gasteiger partial charge in [-0.3, -0.25) is 4.98 Å². The van der Waals surface area contributed by atoms with E-state index in [1.165, 1.54) is 54.7 Å². The molecule has 152 valence electrons. The maximum absolute atomic E-state index is 4.92. The molecule has 0 aliphatic carbocycles. The Bertz CT molecular complexity index is 1490. The van der Waals surface area contributed by atoms with Crippen molar-refractivity contribution in [1.82, 2.24) is 4.98 Å². The molecule has 31 heavy (non-hydrogen) atoms.